The first kappa shape index (κ1) is 10.8. The van der Waals surface area contributed by atoms with Crippen LogP contribution in [0.25, 0.3) is 11.0 Å². The third-order valence-electron chi connectivity index (χ3n) is 3.75. The Kier molecular flexibility index (Phi) is 2.11. The minimum absolute atomic E-state index is 0.0658. The highest BCUT2D eigenvalue weighted by molar-refractivity contribution is 5.77. The molecule has 0 radical (unpaired) electrons. The molecule has 0 spiro atoms. The largest absolute Gasteiger partial charge is 0.326 e. The van der Waals surface area contributed by atoms with Gasteiger partial charge in [-0.05, 0) is 51.3 Å². The molecule has 0 aliphatic heterocycles. The van der Waals surface area contributed by atoms with Crippen LogP contribution in [0.1, 0.15) is 44.1 Å². The number of hydrogen-bond acceptors (Lipinski definition) is 2. The highest BCUT2D eigenvalue weighted by Gasteiger charge is 2.40. The number of aryl methyl sites for hydroxylation is 1. The number of imidazole rings is 1. The normalized spacial score (nSPS) is 17.9. The van der Waals surface area contributed by atoms with Gasteiger partial charge in [-0.2, -0.15) is 0 Å². The molecule has 1 aromatic carbocycles. The maximum Gasteiger partial charge on any atom is 0.106 e. The first-order chi connectivity index (χ1) is 8.01. The van der Waals surface area contributed by atoms with Crippen molar-refractivity contribution in [2.24, 2.45) is 5.73 Å². The molecule has 0 saturated heterocycles. The molecule has 1 saturated carbocycles. The number of aromatic nitrogens is 2. The maximum atomic E-state index is 6.23. The van der Waals surface area contributed by atoms with Crippen LogP contribution in [0.15, 0.2) is 18.2 Å². The summed E-state index contributed by atoms with van der Waals surface area (Å²) in [6, 6.07) is 6.93. The first-order valence-corrected chi connectivity index (χ1v) is 6.29. The van der Waals surface area contributed by atoms with Gasteiger partial charge < -0.3 is 10.3 Å². The summed E-state index contributed by atoms with van der Waals surface area (Å²) in [5.41, 5.74) is 9.69. The van der Waals surface area contributed by atoms with E-state index < -0.39 is 0 Å². The van der Waals surface area contributed by atoms with Crippen molar-refractivity contribution in [3.63, 3.8) is 0 Å². The van der Waals surface area contributed by atoms with Gasteiger partial charge in [0.2, 0.25) is 0 Å². The molecule has 3 rings (SSSR count). The van der Waals surface area contributed by atoms with Crippen molar-refractivity contribution in [1.82, 2.24) is 9.55 Å². The fourth-order valence-electron chi connectivity index (χ4n) is 2.60. The molecule has 3 heteroatoms. The summed E-state index contributed by atoms with van der Waals surface area (Å²) >= 11 is 0. The lowest BCUT2D eigenvalue weighted by atomic mass is 10.1. The SMILES string of the molecule is Cc1nc2cc(C3(N)CC3)ccc2n1C(C)C. The van der Waals surface area contributed by atoms with Gasteiger partial charge in [0.15, 0.2) is 0 Å². The van der Waals surface area contributed by atoms with Crippen LogP contribution >= 0.6 is 0 Å². The fourth-order valence-corrected chi connectivity index (χ4v) is 2.60. The smallest absolute Gasteiger partial charge is 0.106 e. The lowest BCUT2D eigenvalue weighted by Gasteiger charge is -2.12. The summed E-state index contributed by atoms with van der Waals surface area (Å²) in [5, 5.41) is 0. The predicted octanol–water partition coefficient (Wildman–Crippen LogP) is 2.87. The molecule has 0 bridgehead atoms. The van der Waals surface area contributed by atoms with Crippen LogP contribution in [0.5, 0.6) is 0 Å². The molecule has 3 nitrogen and oxygen atoms in total. The Morgan fingerprint density at radius 2 is 2.06 bits per heavy atom. The van der Waals surface area contributed by atoms with E-state index in [9.17, 15) is 0 Å². The lowest BCUT2D eigenvalue weighted by Crippen LogP contribution is -2.18. The van der Waals surface area contributed by atoms with Crippen molar-refractivity contribution in [2.75, 3.05) is 0 Å². The van der Waals surface area contributed by atoms with Crippen molar-refractivity contribution in [3.05, 3.63) is 29.6 Å². The Bertz CT molecular complexity index is 576. The number of nitrogens with two attached hydrogens (primary N) is 1. The van der Waals surface area contributed by atoms with Crippen molar-refractivity contribution in [1.29, 1.82) is 0 Å². The minimum atomic E-state index is -0.0658. The van der Waals surface area contributed by atoms with E-state index in [1.54, 1.807) is 0 Å². The van der Waals surface area contributed by atoms with Gasteiger partial charge >= 0.3 is 0 Å². The molecule has 17 heavy (non-hydrogen) atoms. The molecule has 90 valence electrons. The summed E-state index contributed by atoms with van der Waals surface area (Å²) < 4.78 is 2.27. The molecule has 2 aromatic rings. The minimum Gasteiger partial charge on any atom is -0.326 e. The van der Waals surface area contributed by atoms with E-state index in [1.165, 1.54) is 11.1 Å². The summed E-state index contributed by atoms with van der Waals surface area (Å²) in [4.78, 5) is 4.64. The number of hydrogen-bond donors (Lipinski definition) is 1. The lowest BCUT2D eigenvalue weighted by molar-refractivity contribution is 0.600. The van der Waals surface area contributed by atoms with Crippen LogP contribution in [0.4, 0.5) is 0 Å². The quantitative estimate of drug-likeness (QED) is 0.860. The Balaban J connectivity index is 2.19. The highest BCUT2D eigenvalue weighted by Crippen LogP contribution is 2.43. The number of benzene rings is 1. The van der Waals surface area contributed by atoms with E-state index in [0.717, 1.165) is 24.2 Å². The monoisotopic (exact) mass is 229 g/mol. The van der Waals surface area contributed by atoms with Gasteiger partial charge in [-0.3, -0.25) is 0 Å². The van der Waals surface area contributed by atoms with Crippen molar-refractivity contribution in [3.8, 4) is 0 Å². The number of fused-ring (bicyclic) bond motifs is 1. The molecular formula is C14H19N3. The van der Waals surface area contributed by atoms with Gasteiger partial charge in [-0.15, -0.1) is 0 Å². The topological polar surface area (TPSA) is 43.8 Å². The zero-order valence-corrected chi connectivity index (χ0v) is 10.7. The molecule has 0 amide bonds. The van der Waals surface area contributed by atoms with Gasteiger partial charge in [0.1, 0.15) is 5.82 Å². The van der Waals surface area contributed by atoms with Crippen LogP contribution in [-0.4, -0.2) is 9.55 Å². The Morgan fingerprint density at radius 1 is 1.35 bits per heavy atom. The molecule has 2 N–H and O–H groups in total. The van der Waals surface area contributed by atoms with E-state index in [1.807, 2.05) is 0 Å². The third kappa shape index (κ3) is 1.57. The fraction of sp³-hybridized carbons (Fsp3) is 0.500. The molecule has 1 aromatic heterocycles. The van der Waals surface area contributed by atoms with E-state index in [4.69, 9.17) is 5.73 Å². The average Bonchev–Trinajstić information content (AvgIpc) is 2.91. The molecule has 1 aliphatic carbocycles. The zero-order chi connectivity index (χ0) is 12.2. The molecular weight excluding hydrogens is 210 g/mol. The van der Waals surface area contributed by atoms with E-state index in [-0.39, 0.29) is 5.54 Å². The van der Waals surface area contributed by atoms with E-state index in [0.29, 0.717) is 6.04 Å². The number of nitrogens with zero attached hydrogens (tertiary/aromatic N) is 2. The average molecular weight is 229 g/mol. The Labute approximate surface area is 102 Å². The summed E-state index contributed by atoms with van der Waals surface area (Å²) in [7, 11) is 0. The van der Waals surface area contributed by atoms with Crippen LogP contribution in [0.2, 0.25) is 0 Å². The number of rotatable bonds is 2. The molecule has 1 aliphatic rings. The van der Waals surface area contributed by atoms with Crippen LogP contribution < -0.4 is 5.73 Å². The standard InChI is InChI=1S/C14H19N3/c1-9(2)17-10(3)16-12-8-11(4-5-13(12)17)14(15)6-7-14/h4-5,8-9H,6-7,15H2,1-3H3. The van der Waals surface area contributed by atoms with Crippen molar-refractivity contribution < 1.29 is 0 Å². The van der Waals surface area contributed by atoms with Gasteiger partial charge in [0.25, 0.3) is 0 Å². The van der Waals surface area contributed by atoms with E-state index in [2.05, 4.69) is 48.5 Å². The summed E-state index contributed by atoms with van der Waals surface area (Å²) in [5.74, 6) is 1.08. The molecule has 1 fully saturated rings. The second-order valence-electron chi connectivity index (χ2n) is 5.48. The van der Waals surface area contributed by atoms with E-state index >= 15 is 0 Å². The molecule has 0 atom stereocenters. The van der Waals surface area contributed by atoms with Gasteiger partial charge in [0.05, 0.1) is 11.0 Å². The van der Waals surface area contributed by atoms with Crippen LogP contribution in [0.3, 0.4) is 0 Å². The second kappa shape index (κ2) is 3.33. The molecule has 0 unspecified atom stereocenters. The van der Waals surface area contributed by atoms with Crippen molar-refractivity contribution in [2.45, 2.75) is 45.2 Å². The highest BCUT2D eigenvalue weighted by atomic mass is 15.1. The molecule has 1 heterocycles. The first-order valence-electron chi connectivity index (χ1n) is 6.29. The predicted molar refractivity (Wildman–Crippen MR) is 70.0 cm³/mol. The third-order valence-corrected chi connectivity index (χ3v) is 3.75. The van der Waals surface area contributed by atoms with Gasteiger partial charge in [0, 0.05) is 11.6 Å². The Morgan fingerprint density at radius 3 is 2.65 bits per heavy atom. The van der Waals surface area contributed by atoms with Gasteiger partial charge in [-0.25, -0.2) is 4.98 Å². The van der Waals surface area contributed by atoms with Crippen molar-refractivity contribution >= 4 is 11.0 Å². The summed E-state index contributed by atoms with van der Waals surface area (Å²) in [6.45, 7) is 6.44. The van der Waals surface area contributed by atoms with Crippen LogP contribution in [0, 0.1) is 6.92 Å². The maximum absolute atomic E-state index is 6.23. The van der Waals surface area contributed by atoms with Gasteiger partial charge in [-0.1, -0.05) is 6.07 Å². The summed E-state index contributed by atoms with van der Waals surface area (Å²) in [6.07, 6.45) is 2.20. The zero-order valence-electron chi connectivity index (χ0n) is 10.7. The van der Waals surface area contributed by atoms with Crippen LogP contribution in [-0.2, 0) is 5.54 Å². The Hall–Kier alpha value is -1.35. The second-order valence-corrected chi connectivity index (χ2v) is 5.48.